The molecule has 0 saturated heterocycles. The van der Waals surface area contributed by atoms with Crippen molar-refractivity contribution in [2.45, 2.75) is 0 Å². The van der Waals surface area contributed by atoms with E-state index in [1.54, 1.807) is 0 Å². The number of fused-ring (bicyclic) bond motifs is 11. The zero-order valence-corrected chi connectivity index (χ0v) is 30.5. The fourth-order valence-corrected chi connectivity index (χ4v) is 9.27. The lowest BCUT2D eigenvalue weighted by Crippen LogP contribution is -1.95. The van der Waals surface area contributed by atoms with E-state index in [0.29, 0.717) is 0 Å². The van der Waals surface area contributed by atoms with Gasteiger partial charge in [0.2, 0.25) is 0 Å². The van der Waals surface area contributed by atoms with E-state index in [-0.39, 0.29) is 0 Å². The van der Waals surface area contributed by atoms with Crippen LogP contribution < -0.4 is 0 Å². The second-order valence-electron chi connectivity index (χ2n) is 14.9. The molecule has 260 valence electrons. The zero-order valence-electron chi connectivity index (χ0n) is 30.5. The lowest BCUT2D eigenvalue weighted by molar-refractivity contribution is 1.18. The van der Waals surface area contributed by atoms with Crippen LogP contribution in [0.2, 0.25) is 0 Å². The number of para-hydroxylation sites is 3. The molecule has 12 aromatic rings. The maximum atomic E-state index is 2.44. The van der Waals surface area contributed by atoms with Crippen molar-refractivity contribution < 1.29 is 0 Å². The van der Waals surface area contributed by atoms with Crippen molar-refractivity contribution in [3.8, 4) is 33.6 Å². The standard InChI is InChI=1S/C54H34N2/c1-2-13-41(14-3-1)55-52-20-9-7-18-48(52)50-33-38(25-30-53(50)55)39-23-29-49-47-17-6-8-19-51(47)56(54(49)34-39)42-15-10-12-36(32-42)37-22-26-44-40(31-37)24-28-45-43-16-5-4-11-35(43)21-27-46(44)45/h1-34H. The number of aromatic nitrogens is 2. The summed E-state index contributed by atoms with van der Waals surface area (Å²) in [6.45, 7) is 0. The Hall–Kier alpha value is -7.42. The first-order valence-electron chi connectivity index (χ1n) is 19.3. The molecule has 2 aromatic heterocycles. The summed E-state index contributed by atoms with van der Waals surface area (Å²) in [7, 11) is 0. The molecule has 0 aliphatic carbocycles. The van der Waals surface area contributed by atoms with Gasteiger partial charge in [-0.15, -0.1) is 0 Å². The van der Waals surface area contributed by atoms with Gasteiger partial charge in [-0.25, -0.2) is 0 Å². The highest BCUT2D eigenvalue weighted by Gasteiger charge is 2.17. The first-order valence-corrected chi connectivity index (χ1v) is 19.3. The third-order valence-corrected chi connectivity index (χ3v) is 11.9. The molecule has 56 heavy (non-hydrogen) atoms. The van der Waals surface area contributed by atoms with Crippen molar-refractivity contribution in [3.05, 3.63) is 206 Å². The van der Waals surface area contributed by atoms with Crippen LogP contribution in [-0.4, -0.2) is 9.13 Å². The fraction of sp³-hybridized carbons (Fsp3) is 0. The Bertz CT molecular complexity index is 3530. The average Bonchev–Trinajstić information content (AvgIpc) is 3.78. The van der Waals surface area contributed by atoms with Crippen LogP contribution in [0.25, 0.3) is 110 Å². The quantitative estimate of drug-likeness (QED) is 0.161. The van der Waals surface area contributed by atoms with Crippen LogP contribution in [0.4, 0.5) is 0 Å². The Morgan fingerprint density at radius 3 is 1.52 bits per heavy atom. The normalized spacial score (nSPS) is 11.9. The lowest BCUT2D eigenvalue weighted by Gasteiger charge is -2.12. The summed E-state index contributed by atoms with van der Waals surface area (Å²) in [5.41, 5.74) is 12.0. The maximum Gasteiger partial charge on any atom is 0.0547 e. The molecule has 0 aliphatic heterocycles. The molecule has 2 nitrogen and oxygen atoms in total. The molecule has 0 atom stereocenters. The van der Waals surface area contributed by atoms with Gasteiger partial charge < -0.3 is 9.13 Å². The summed E-state index contributed by atoms with van der Waals surface area (Å²) in [6.07, 6.45) is 0. The number of hydrogen-bond donors (Lipinski definition) is 0. The molecule has 12 rings (SSSR count). The van der Waals surface area contributed by atoms with Crippen LogP contribution in [-0.2, 0) is 0 Å². The second-order valence-corrected chi connectivity index (χ2v) is 14.9. The van der Waals surface area contributed by atoms with E-state index in [9.17, 15) is 0 Å². The van der Waals surface area contributed by atoms with Gasteiger partial charge in [0.25, 0.3) is 0 Å². The van der Waals surface area contributed by atoms with Crippen LogP contribution in [0.5, 0.6) is 0 Å². The minimum atomic E-state index is 1.15. The van der Waals surface area contributed by atoms with Gasteiger partial charge in [-0.1, -0.05) is 146 Å². The van der Waals surface area contributed by atoms with Gasteiger partial charge >= 0.3 is 0 Å². The summed E-state index contributed by atoms with van der Waals surface area (Å²) in [5, 5.41) is 12.7. The molecular formula is C54H34N2. The van der Waals surface area contributed by atoms with Gasteiger partial charge in [0.05, 0.1) is 22.1 Å². The van der Waals surface area contributed by atoms with Crippen molar-refractivity contribution in [2.24, 2.45) is 0 Å². The van der Waals surface area contributed by atoms with E-state index < -0.39 is 0 Å². The SMILES string of the molecule is c1ccc(-n2c3ccccc3c3cc(-c4ccc5c6ccccc6n(-c6cccc(-c7ccc8c(ccc9c%10ccccc%10ccc89)c7)c6)c5c4)ccc32)cc1. The Morgan fingerprint density at radius 2 is 0.714 bits per heavy atom. The molecular weight excluding hydrogens is 677 g/mol. The minimum Gasteiger partial charge on any atom is -0.309 e. The highest BCUT2D eigenvalue weighted by Crippen LogP contribution is 2.39. The van der Waals surface area contributed by atoms with E-state index in [4.69, 9.17) is 0 Å². The molecule has 0 saturated carbocycles. The summed E-state index contributed by atoms with van der Waals surface area (Å²) >= 11 is 0. The summed E-state index contributed by atoms with van der Waals surface area (Å²) in [5.74, 6) is 0. The third-order valence-electron chi connectivity index (χ3n) is 11.9. The number of benzene rings is 10. The topological polar surface area (TPSA) is 9.86 Å². The Labute approximate surface area is 323 Å². The summed E-state index contributed by atoms with van der Waals surface area (Å²) in [4.78, 5) is 0. The number of rotatable bonds is 4. The molecule has 0 bridgehead atoms. The monoisotopic (exact) mass is 710 g/mol. The number of hydrogen-bond acceptors (Lipinski definition) is 0. The molecule has 0 aliphatic rings. The smallest absolute Gasteiger partial charge is 0.0547 e. The largest absolute Gasteiger partial charge is 0.309 e. The fourth-order valence-electron chi connectivity index (χ4n) is 9.27. The predicted molar refractivity (Wildman–Crippen MR) is 239 cm³/mol. The van der Waals surface area contributed by atoms with Crippen molar-refractivity contribution in [1.29, 1.82) is 0 Å². The Kier molecular flexibility index (Phi) is 6.66. The average molecular weight is 711 g/mol. The van der Waals surface area contributed by atoms with Crippen molar-refractivity contribution >= 4 is 75.9 Å². The van der Waals surface area contributed by atoms with E-state index in [0.717, 1.165) is 5.69 Å². The Balaban J connectivity index is 0.998. The molecule has 0 amide bonds. The predicted octanol–water partition coefficient (Wildman–Crippen LogP) is 14.7. The van der Waals surface area contributed by atoms with E-state index in [1.165, 1.54) is 104 Å². The van der Waals surface area contributed by atoms with Crippen molar-refractivity contribution in [2.75, 3.05) is 0 Å². The van der Waals surface area contributed by atoms with Gasteiger partial charge in [-0.2, -0.15) is 0 Å². The molecule has 0 unspecified atom stereocenters. The highest BCUT2D eigenvalue weighted by atomic mass is 15.0. The van der Waals surface area contributed by atoms with Gasteiger partial charge in [0.15, 0.2) is 0 Å². The summed E-state index contributed by atoms with van der Waals surface area (Å²) in [6, 6.07) is 75.8. The van der Waals surface area contributed by atoms with Gasteiger partial charge in [0.1, 0.15) is 0 Å². The van der Waals surface area contributed by atoms with E-state index >= 15 is 0 Å². The van der Waals surface area contributed by atoms with E-state index in [2.05, 4.69) is 215 Å². The Morgan fingerprint density at radius 1 is 0.214 bits per heavy atom. The van der Waals surface area contributed by atoms with Crippen molar-refractivity contribution in [3.63, 3.8) is 0 Å². The van der Waals surface area contributed by atoms with Crippen LogP contribution in [0, 0.1) is 0 Å². The van der Waals surface area contributed by atoms with Gasteiger partial charge in [-0.05, 0) is 115 Å². The maximum absolute atomic E-state index is 2.44. The molecule has 0 spiro atoms. The molecule has 10 aromatic carbocycles. The first kappa shape index (κ1) is 31.0. The summed E-state index contributed by atoms with van der Waals surface area (Å²) < 4.78 is 4.82. The van der Waals surface area contributed by atoms with E-state index in [1.807, 2.05) is 0 Å². The third kappa shape index (κ3) is 4.63. The highest BCUT2D eigenvalue weighted by molar-refractivity contribution is 6.18. The van der Waals surface area contributed by atoms with Crippen molar-refractivity contribution in [1.82, 2.24) is 9.13 Å². The molecule has 0 radical (unpaired) electrons. The van der Waals surface area contributed by atoms with Crippen LogP contribution >= 0.6 is 0 Å². The van der Waals surface area contributed by atoms with Crippen LogP contribution in [0.15, 0.2) is 206 Å². The van der Waals surface area contributed by atoms with Crippen LogP contribution in [0.1, 0.15) is 0 Å². The lowest BCUT2D eigenvalue weighted by atomic mass is 9.95. The zero-order chi connectivity index (χ0) is 36.7. The van der Waals surface area contributed by atoms with Gasteiger partial charge in [0, 0.05) is 32.9 Å². The molecule has 0 N–H and O–H groups in total. The molecule has 0 fully saturated rings. The molecule has 2 heteroatoms. The van der Waals surface area contributed by atoms with Gasteiger partial charge in [-0.3, -0.25) is 0 Å². The first-order chi connectivity index (χ1) is 27.8. The molecule has 2 heterocycles. The number of nitrogens with zero attached hydrogens (tertiary/aromatic N) is 2. The minimum absolute atomic E-state index is 1.15. The second kappa shape index (κ2) is 12.0. The van der Waals surface area contributed by atoms with Crippen LogP contribution in [0.3, 0.4) is 0 Å².